The van der Waals surface area contributed by atoms with Crippen molar-refractivity contribution in [3.05, 3.63) is 0 Å². The molecule has 1 heterocycles. The normalized spacial score (nSPS) is 15.9. The van der Waals surface area contributed by atoms with Crippen molar-refractivity contribution in [1.29, 1.82) is 0 Å². The van der Waals surface area contributed by atoms with Gasteiger partial charge in [0.15, 0.2) is 0 Å². The van der Waals surface area contributed by atoms with Gasteiger partial charge < -0.3 is 19.1 Å². The van der Waals surface area contributed by atoms with Gasteiger partial charge in [-0.1, -0.05) is 52.4 Å². The second kappa shape index (κ2) is 24.3. The van der Waals surface area contributed by atoms with E-state index in [1.807, 2.05) is 0 Å². The Bertz CT molecular complexity index is 503. The maximum absolute atomic E-state index is 12.7. The molecular weight excluding hydrogens is 466 g/mol. The van der Waals surface area contributed by atoms with Gasteiger partial charge in [-0.05, 0) is 51.6 Å². The van der Waals surface area contributed by atoms with Crippen molar-refractivity contribution in [1.82, 2.24) is 14.7 Å². The first-order chi connectivity index (χ1) is 18.1. The number of nitrogens with zero attached hydrogens (tertiary/aromatic N) is 3. The fourth-order valence-corrected chi connectivity index (χ4v) is 5.06. The molecule has 0 aromatic rings. The molecule has 1 saturated heterocycles. The standard InChI is InChI=1S/C30H61N3O4/c1-5-7-9-10-16-29(15-8-6-2)30(34)37-28-25-33-23-21-32(22-24-33)20-19-31(17-11-13-26-35-3)18-12-14-27-36-4/h29H,5-28H2,1-4H3. The number of hydrogen-bond acceptors (Lipinski definition) is 7. The third-order valence-corrected chi connectivity index (χ3v) is 7.64. The maximum atomic E-state index is 12.7. The number of carbonyl (C=O) groups excluding carboxylic acids is 1. The van der Waals surface area contributed by atoms with E-state index in [1.165, 1.54) is 32.1 Å². The number of carbonyl (C=O) groups is 1. The quantitative estimate of drug-likeness (QED) is 0.121. The molecule has 0 N–H and O–H groups in total. The summed E-state index contributed by atoms with van der Waals surface area (Å²) < 4.78 is 16.2. The topological polar surface area (TPSA) is 54.5 Å². The molecule has 0 aromatic heterocycles. The molecule has 1 unspecified atom stereocenters. The van der Waals surface area contributed by atoms with Gasteiger partial charge in [-0.3, -0.25) is 14.6 Å². The number of piperazine rings is 1. The maximum Gasteiger partial charge on any atom is 0.308 e. The second-order valence-corrected chi connectivity index (χ2v) is 10.8. The summed E-state index contributed by atoms with van der Waals surface area (Å²) in [6, 6.07) is 0. The van der Waals surface area contributed by atoms with Gasteiger partial charge in [-0.25, -0.2) is 0 Å². The predicted molar refractivity (Wildman–Crippen MR) is 154 cm³/mol. The summed E-state index contributed by atoms with van der Waals surface area (Å²) in [5.41, 5.74) is 0. The Morgan fingerprint density at radius 2 is 1.24 bits per heavy atom. The molecule has 0 radical (unpaired) electrons. The van der Waals surface area contributed by atoms with Gasteiger partial charge in [0.2, 0.25) is 0 Å². The fourth-order valence-electron chi connectivity index (χ4n) is 5.06. The van der Waals surface area contributed by atoms with Gasteiger partial charge in [0.1, 0.15) is 6.61 Å². The van der Waals surface area contributed by atoms with E-state index in [9.17, 15) is 4.79 Å². The predicted octanol–water partition coefficient (Wildman–Crippen LogP) is 5.08. The number of esters is 1. The van der Waals surface area contributed by atoms with Gasteiger partial charge in [0.25, 0.3) is 0 Å². The first-order valence-electron chi connectivity index (χ1n) is 15.5. The molecule has 1 fully saturated rings. The van der Waals surface area contributed by atoms with Crippen molar-refractivity contribution < 1.29 is 19.0 Å². The molecule has 0 bridgehead atoms. The van der Waals surface area contributed by atoms with Gasteiger partial charge in [0, 0.05) is 73.2 Å². The molecule has 0 spiro atoms. The van der Waals surface area contributed by atoms with Crippen molar-refractivity contribution in [2.45, 2.75) is 90.9 Å². The number of hydrogen-bond donors (Lipinski definition) is 0. The zero-order valence-corrected chi connectivity index (χ0v) is 25.0. The Kier molecular flexibility index (Phi) is 22.5. The van der Waals surface area contributed by atoms with E-state index in [-0.39, 0.29) is 11.9 Å². The van der Waals surface area contributed by atoms with Gasteiger partial charge in [-0.15, -0.1) is 0 Å². The summed E-state index contributed by atoms with van der Waals surface area (Å²) in [7, 11) is 3.57. The molecule has 1 aliphatic heterocycles. The molecule has 1 atom stereocenters. The lowest BCUT2D eigenvalue weighted by atomic mass is 9.95. The van der Waals surface area contributed by atoms with E-state index in [2.05, 4.69) is 28.5 Å². The molecule has 0 saturated carbocycles. The van der Waals surface area contributed by atoms with Crippen LogP contribution < -0.4 is 0 Å². The zero-order valence-electron chi connectivity index (χ0n) is 25.0. The molecule has 0 amide bonds. The molecule has 220 valence electrons. The van der Waals surface area contributed by atoms with Crippen LogP contribution in [0.4, 0.5) is 0 Å². The van der Waals surface area contributed by atoms with E-state index in [1.54, 1.807) is 14.2 Å². The van der Waals surface area contributed by atoms with Crippen LogP contribution >= 0.6 is 0 Å². The Morgan fingerprint density at radius 1 is 0.676 bits per heavy atom. The van der Waals surface area contributed by atoms with E-state index in [0.717, 1.165) is 117 Å². The van der Waals surface area contributed by atoms with Crippen molar-refractivity contribution in [3.63, 3.8) is 0 Å². The van der Waals surface area contributed by atoms with Crippen LogP contribution in [-0.2, 0) is 19.0 Å². The summed E-state index contributed by atoms with van der Waals surface area (Å²) >= 11 is 0. The minimum atomic E-state index is 0.0414. The fraction of sp³-hybridized carbons (Fsp3) is 0.967. The highest BCUT2D eigenvalue weighted by atomic mass is 16.5. The third-order valence-electron chi connectivity index (χ3n) is 7.64. The van der Waals surface area contributed by atoms with Crippen LogP contribution in [-0.4, -0.2) is 114 Å². The average molecular weight is 528 g/mol. The average Bonchev–Trinajstić information content (AvgIpc) is 2.91. The summed E-state index contributed by atoms with van der Waals surface area (Å²) in [6.45, 7) is 16.4. The van der Waals surface area contributed by atoms with Crippen LogP contribution in [0.3, 0.4) is 0 Å². The highest BCUT2D eigenvalue weighted by Gasteiger charge is 2.21. The molecule has 1 aliphatic rings. The second-order valence-electron chi connectivity index (χ2n) is 10.8. The van der Waals surface area contributed by atoms with Crippen molar-refractivity contribution in [3.8, 4) is 0 Å². The first-order valence-corrected chi connectivity index (χ1v) is 15.5. The molecule has 37 heavy (non-hydrogen) atoms. The summed E-state index contributed by atoms with van der Waals surface area (Å²) in [6.07, 6.45) is 13.8. The lowest BCUT2D eigenvalue weighted by Crippen LogP contribution is -2.49. The summed E-state index contributed by atoms with van der Waals surface area (Å²) in [5, 5.41) is 0. The van der Waals surface area contributed by atoms with E-state index in [4.69, 9.17) is 14.2 Å². The Balaban J connectivity index is 2.27. The molecule has 7 nitrogen and oxygen atoms in total. The molecule has 1 rings (SSSR count). The number of rotatable bonds is 25. The number of ether oxygens (including phenoxy) is 3. The number of unbranched alkanes of at least 4 members (excludes halogenated alkanes) is 6. The molecule has 7 heteroatoms. The van der Waals surface area contributed by atoms with Crippen LogP contribution in [0.2, 0.25) is 0 Å². The SMILES string of the molecule is CCCCCCC(CCCC)C(=O)OCCN1CCN(CCN(CCCCOC)CCCCOC)CC1. The highest BCUT2D eigenvalue weighted by molar-refractivity contribution is 5.72. The van der Waals surface area contributed by atoms with Gasteiger partial charge >= 0.3 is 5.97 Å². The lowest BCUT2D eigenvalue weighted by Gasteiger charge is -2.35. The summed E-state index contributed by atoms with van der Waals surface area (Å²) in [5.74, 6) is 0.139. The van der Waals surface area contributed by atoms with Crippen LogP contribution in [0, 0.1) is 5.92 Å². The lowest BCUT2D eigenvalue weighted by molar-refractivity contribution is -0.149. The van der Waals surface area contributed by atoms with E-state index < -0.39 is 0 Å². The van der Waals surface area contributed by atoms with Gasteiger partial charge in [-0.2, -0.15) is 0 Å². The smallest absolute Gasteiger partial charge is 0.308 e. The monoisotopic (exact) mass is 527 g/mol. The zero-order chi connectivity index (χ0) is 27.0. The van der Waals surface area contributed by atoms with Crippen LogP contribution in [0.5, 0.6) is 0 Å². The summed E-state index contributed by atoms with van der Waals surface area (Å²) in [4.78, 5) is 20.4. The Hall–Kier alpha value is -0.730. The van der Waals surface area contributed by atoms with E-state index in [0.29, 0.717) is 6.61 Å². The first kappa shape index (κ1) is 34.3. The van der Waals surface area contributed by atoms with Crippen molar-refractivity contribution in [2.75, 3.05) is 92.9 Å². The molecule has 0 aliphatic carbocycles. The minimum absolute atomic E-state index is 0.0414. The molecular formula is C30H61N3O4. The Morgan fingerprint density at radius 3 is 1.81 bits per heavy atom. The van der Waals surface area contributed by atoms with Crippen molar-refractivity contribution >= 4 is 5.97 Å². The van der Waals surface area contributed by atoms with Gasteiger partial charge in [0.05, 0.1) is 5.92 Å². The third kappa shape index (κ3) is 18.2. The Labute approximate surface area is 229 Å². The van der Waals surface area contributed by atoms with Crippen LogP contribution in [0.1, 0.15) is 90.9 Å². The van der Waals surface area contributed by atoms with Crippen molar-refractivity contribution in [2.24, 2.45) is 5.92 Å². The minimum Gasteiger partial charge on any atom is -0.464 e. The largest absolute Gasteiger partial charge is 0.464 e. The van der Waals surface area contributed by atoms with Crippen LogP contribution in [0.25, 0.3) is 0 Å². The van der Waals surface area contributed by atoms with E-state index >= 15 is 0 Å². The molecule has 0 aromatic carbocycles. The highest BCUT2D eigenvalue weighted by Crippen LogP contribution is 2.19. The van der Waals surface area contributed by atoms with Crippen LogP contribution in [0.15, 0.2) is 0 Å². The number of methoxy groups -OCH3 is 2.